The zero-order valence-electron chi connectivity index (χ0n) is 12.1. The van der Waals surface area contributed by atoms with Crippen LogP contribution in [0.3, 0.4) is 0 Å². The summed E-state index contributed by atoms with van der Waals surface area (Å²) in [7, 11) is 0. The largest absolute Gasteiger partial charge is 0.401 e. The standard InChI is InChI=1S/C14H20F3N3O/c1-3-20(9-14(15,16)17)7-6-13(21)19-12-8-11(18)5-4-10(12)2/h4-5,8H,3,6-7,9,18H2,1-2H3,(H,19,21). The highest BCUT2D eigenvalue weighted by atomic mass is 19.4. The molecular formula is C14H20F3N3O. The number of benzene rings is 1. The second kappa shape index (κ2) is 7.31. The maximum absolute atomic E-state index is 12.3. The summed E-state index contributed by atoms with van der Waals surface area (Å²) < 4.78 is 36.9. The summed E-state index contributed by atoms with van der Waals surface area (Å²) in [5, 5.41) is 2.67. The molecule has 21 heavy (non-hydrogen) atoms. The zero-order chi connectivity index (χ0) is 16.0. The molecule has 1 aromatic rings. The third kappa shape index (κ3) is 6.48. The second-order valence-electron chi connectivity index (χ2n) is 4.86. The molecule has 0 saturated heterocycles. The lowest BCUT2D eigenvalue weighted by atomic mass is 10.2. The number of carbonyl (C=O) groups excluding carboxylic acids is 1. The van der Waals surface area contributed by atoms with Crippen LogP contribution < -0.4 is 11.1 Å². The van der Waals surface area contributed by atoms with E-state index in [9.17, 15) is 18.0 Å². The van der Waals surface area contributed by atoms with Gasteiger partial charge in [-0.15, -0.1) is 0 Å². The van der Waals surface area contributed by atoms with Gasteiger partial charge in [-0.1, -0.05) is 13.0 Å². The number of rotatable bonds is 6. The van der Waals surface area contributed by atoms with Crippen LogP contribution in [0.2, 0.25) is 0 Å². The van der Waals surface area contributed by atoms with Crippen molar-refractivity contribution in [1.82, 2.24) is 4.90 Å². The molecule has 0 saturated carbocycles. The molecule has 1 amide bonds. The van der Waals surface area contributed by atoms with Gasteiger partial charge in [0.15, 0.2) is 0 Å². The highest BCUT2D eigenvalue weighted by Crippen LogP contribution is 2.19. The Kier molecular flexibility index (Phi) is 6.02. The number of nitrogens with zero attached hydrogens (tertiary/aromatic N) is 1. The highest BCUT2D eigenvalue weighted by molar-refractivity contribution is 5.92. The number of nitrogens with one attached hydrogen (secondary N) is 1. The minimum Gasteiger partial charge on any atom is -0.399 e. The molecule has 3 N–H and O–H groups in total. The number of hydrogen-bond acceptors (Lipinski definition) is 3. The molecule has 0 fully saturated rings. The van der Waals surface area contributed by atoms with Gasteiger partial charge in [0, 0.05) is 24.3 Å². The molecule has 0 aromatic heterocycles. The molecule has 0 aliphatic rings. The number of nitrogens with two attached hydrogens (primary N) is 1. The fourth-order valence-electron chi connectivity index (χ4n) is 1.85. The number of alkyl halides is 3. The molecule has 0 atom stereocenters. The average molecular weight is 303 g/mol. The van der Waals surface area contributed by atoms with Crippen molar-refractivity contribution in [3.05, 3.63) is 23.8 Å². The molecule has 118 valence electrons. The van der Waals surface area contributed by atoms with Crippen LogP contribution in [0.4, 0.5) is 24.5 Å². The molecule has 0 aliphatic heterocycles. The molecule has 0 unspecified atom stereocenters. The monoisotopic (exact) mass is 303 g/mol. The van der Waals surface area contributed by atoms with Crippen LogP contribution in [0.15, 0.2) is 18.2 Å². The van der Waals surface area contributed by atoms with E-state index >= 15 is 0 Å². The van der Waals surface area contributed by atoms with E-state index in [1.54, 1.807) is 25.1 Å². The number of amides is 1. The minimum absolute atomic E-state index is 0.00183. The Hall–Kier alpha value is -1.76. The van der Waals surface area contributed by atoms with Gasteiger partial charge in [0.1, 0.15) is 0 Å². The fraction of sp³-hybridized carbons (Fsp3) is 0.500. The molecular weight excluding hydrogens is 283 g/mol. The Labute approximate surface area is 122 Å². The van der Waals surface area contributed by atoms with Crippen LogP contribution in [0.1, 0.15) is 18.9 Å². The van der Waals surface area contributed by atoms with E-state index in [0.29, 0.717) is 11.4 Å². The Balaban J connectivity index is 2.52. The van der Waals surface area contributed by atoms with Crippen molar-refractivity contribution in [1.29, 1.82) is 0 Å². The molecule has 0 radical (unpaired) electrons. The van der Waals surface area contributed by atoms with Gasteiger partial charge in [-0.25, -0.2) is 0 Å². The number of carbonyl (C=O) groups is 1. The van der Waals surface area contributed by atoms with Crippen molar-refractivity contribution in [2.45, 2.75) is 26.4 Å². The van der Waals surface area contributed by atoms with Crippen molar-refractivity contribution >= 4 is 17.3 Å². The molecule has 1 aromatic carbocycles. The van der Waals surface area contributed by atoms with Crippen molar-refractivity contribution in [2.24, 2.45) is 0 Å². The minimum atomic E-state index is -4.25. The summed E-state index contributed by atoms with van der Waals surface area (Å²) in [5.41, 5.74) is 7.58. The van der Waals surface area contributed by atoms with Crippen molar-refractivity contribution in [2.75, 3.05) is 30.7 Å². The Morgan fingerprint density at radius 2 is 2.05 bits per heavy atom. The summed E-state index contributed by atoms with van der Waals surface area (Å²) >= 11 is 0. The van der Waals surface area contributed by atoms with Crippen LogP contribution in [0.5, 0.6) is 0 Å². The van der Waals surface area contributed by atoms with Gasteiger partial charge in [-0.2, -0.15) is 13.2 Å². The summed E-state index contributed by atoms with van der Waals surface area (Å²) in [6.07, 6.45) is -4.25. The summed E-state index contributed by atoms with van der Waals surface area (Å²) in [4.78, 5) is 13.0. The van der Waals surface area contributed by atoms with Crippen LogP contribution in [-0.2, 0) is 4.79 Å². The Bertz CT molecular complexity index is 489. The smallest absolute Gasteiger partial charge is 0.399 e. The third-order valence-electron chi connectivity index (χ3n) is 3.04. The number of halogens is 3. The predicted octanol–water partition coefficient (Wildman–Crippen LogP) is 2.79. The van der Waals surface area contributed by atoms with Crippen molar-refractivity contribution in [3.8, 4) is 0 Å². The van der Waals surface area contributed by atoms with Gasteiger partial charge in [0.05, 0.1) is 6.54 Å². The van der Waals surface area contributed by atoms with E-state index in [1.807, 2.05) is 6.92 Å². The molecule has 4 nitrogen and oxygen atoms in total. The van der Waals surface area contributed by atoms with Crippen LogP contribution in [0.25, 0.3) is 0 Å². The molecule has 7 heteroatoms. The normalized spacial score (nSPS) is 11.7. The van der Waals surface area contributed by atoms with Crippen molar-refractivity contribution < 1.29 is 18.0 Å². The van der Waals surface area contributed by atoms with Gasteiger partial charge in [-0.3, -0.25) is 9.69 Å². The summed E-state index contributed by atoms with van der Waals surface area (Å²) in [6.45, 7) is 2.74. The number of aryl methyl sites for hydroxylation is 1. The number of anilines is 2. The lowest BCUT2D eigenvalue weighted by Gasteiger charge is -2.21. The molecule has 0 aliphatic carbocycles. The maximum Gasteiger partial charge on any atom is 0.401 e. The first-order valence-electron chi connectivity index (χ1n) is 6.66. The predicted molar refractivity (Wildman–Crippen MR) is 77.0 cm³/mol. The van der Waals surface area contributed by atoms with Crippen LogP contribution >= 0.6 is 0 Å². The van der Waals surface area contributed by atoms with E-state index < -0.39 is 12.7 Å². The Morgan fingerprint density at radius 3 is 2.62 bits per heavy atom. The molecule has 1 rings (SSSR count). The first-order valence-corrected chi connectivity index (χ1v) is 6.66. The van der Waals surface area contributed by atoms with Gasteiger partial charge < -0.3 is 11.1 Å². The topological polar surface area (TPSA) is 58.4 Å². The van der Waals surface area contributed by atoms with Gasteiger partial charge >= 0.3 is 6.18 Å². The maximum atomic E-state index is 12.3. The van der Waals surface area contributed by atoms with Crippen LogP contribution in [-0.4, -0.2) is 36.6 Å². The van der Waals surface area contributed by atoms with Gasteiger partial charge in [0.25, 0.3) is 0 Å². The first kappa shape index (κ1) is 17.3. The summed E-state index contributed by atoms with van der Waals surface area (Å²) in [5.74, 6) is -0.329. The van der Waals surface area contributed by atoms with Gasteiger partial charge in [0.2, 0.25) is 5.91 Å². The lowest BCUT2D eigenvalue weighted by Crippen LogP contribution is -2.36. The van der Waals surface area contributed by atoms with E-state index in [4.69, 9.17) is 5.73 Å². The molecule has 0 bridgehead atoms. The average Bonchev–Trinajstić information content (AvgIpc) is 2.37. The van der Waals surface area contributed by atoms with E-state index in [2.05, 4.69) is 5.32 Å². The van der Waals surface area contributed by atoms with E-state index in [0.717, 1.165) is 5.56 Å². The third-order valence-corrected chi connectivity index (χ3v) is 3.04. The summed E-state index contributed by atoms with van der Waals surface area (Å²) in [6, 6.07) is 5.11. The van der Waals surface area contributed by atoms with Crippen LogP contribution in [0, 0.1) is 6.92 Å². The second-order valence-corrected chi connectivity index (χ2v) is 4.86. The Morgan fingerprint density at radius 1 is 1.38 bits per heavy atom. The molecule has 0 heterocycles. The number of nitrogen functional groups attached to an aromatic ring is 1. The SMILES string of the molecule is CCN(CCC(=O)Nc1cc(N)ccc1C)CC(F)(F)F. The zero-order valence-corrected chi connectivity index (χ0v) is 12.1. The van der Waals surface area contributed by atoms with E-state index in [1.165, 1.54) is 4.90 Å². The van der Waals surface area contributed by atoms with Crippen molar-refractivity contribution in [3.63, 3.8) is 0 Å². The molecule has 0 spiro atoms. The lowest BCUT2D eigenvalue weighted by molar-refractivity contribution is -0.146. The number of hydrogen-bond donors (Lipinski definition) is 2. The van der Waals surface area contributed by atoms with E-state index in [-0.39, 0.29) is 25.4 Å². The fourth-order valence-corrected chi connectivity index (χ4v) is 1.85. The highest BCUT2D eigenvalue weighted by Gasteiger charge is 2.30. The quantitative estimate of drug-likeness (QED) is 0.795. The van der Waals surface area contributed by atoms with Gasteiger partial charge in [-0.05, 0) is 31.2 Å². The first-order chi connectivity index (χ1) is 9.71.